The van der Waals surface area contributed by atoms with E-state index in [0.717, 1.165) is 0 Å². The van der Waals surface area contributed by atoms with Gasteiger partial charge in [-0.05, 0) is 19.9 Å². The minimum Gasteiger partial charge on any atom is -0.383 e. The molecule has 0 radical (unpaired) electrons. The lowest BCUT2D eigenvalue weighted by Crippen LogP contribution is -2.37. The third kappa shape index (κ3) is 4.50. The molecule has 1 aromatic rings. The van der Waals surface area contributed by atoms with E-state index in [4.69, 9.17) is 4.74 Å². The second-order valence-electron chi connectivity index (χ2n) is 5.40. The van der Waals surface area contributed by atoms with Crippen molar-refractivity contribution in [2.75, 3.05) is 33.9 Å². The van der Waals surface area contributed by atoms with Gasteiger partial charge in [0.1, 0.15) is 4.90 Å². The van der Waals surface area contributed by atoms with E-state index >= 15 is 0 Å². The predicted octanol–water partition coefficient (Wildman–Crippen LogP) is 0.731. The maximum atomic E-state index is 12.9. The van der Waals surface area contributed by atoms with Crippen molar-refractivity contribution in [1.29, 1.82) is 0 Å². The lowest BCUT2D eigenvalue weighted by Gasteiger charge is -2.24. The van der Waals surface area contributed by atoms with Crippen molar-refractivity contribution in [2.24, 2.45) is 5.92 Å². The van der Waals surface area contributed by atoms with E-state index in [2.05, 4.69) is 15.5 Å². The minimum absolute atomic E-state index is 0.233. The van der Waals surface area contributed by atoms with Gasteiger partial charge in [0, 0.05) is 26.7 Å². The summed E-state index contributed by atoms with van der Waals surface area (Å²) < 4.78 is 32.4. The number of hydrogen-bond acceptors (Lipinski definition) is 5. The summed E-state index contributed by atoms with van der Waals surface area (Å²) in [5.41, 5.74) is 1.08. The zero-order chi connectivity index (χ0) is 16.0. The van der Waals surface area contributed by atoms with Crippen LogP contribution in [0.2, 0.25) is 0 Å². The summed E-state index contributed by atoms with van der Waals surface area (Å²) in [6.07, 6.45) is 0. The van der Waals surface area contributed by atoms with E-state index < -0.39 is 10.0 Å². The highest BCUT2D eigenvalue weighted by Gasteiger charge is 2.30. The fraction of sp³-hybridized carbons (Fsp3) is 0.769. The molecule has 21 heavy (non-hydrogen) atoms. The molecular weight excluding hydrogens is 292 g/mol. The van der Waals surface area contributed by atoms with Gasteiger partial charge in [0.25, 0.3) is 0 Å². The van der Waals surface area contributed by atoms with Crippen molar-refractivity contribution < 1.29 is 13.2 Å². The molecule has 7 nitrogen and oxygen atoms in total. The number of nitrogens with one attached hydrogen (secondary N) is 2. The Hall–Kier alpha value is -0.960. The zero-order valence-corrected chi connectivity index (χ0v) is 14.2. The number of sulfonamides is 1. The molecule has 0 aliphatic heterocycles. The van der Waals surface area contributed by atoms with E-state index in [-0.39, 0.29) is 10.8 Å². The normalized spacial score (nSPS) is 12.5. The molecule has 0 aromatic carbocycles. The molecule has 0 fully saturated rings. The molecule has 0 bridgehead atoms. The maximum Gasteiger partial charge on any atom is 0.246 e. The number of aromatic nitrogens is 2. The number of nitrogens with zero attached hydrogens (tertiary/aromatic N) is 2. The number of rotatable bonds is 9. The van der Waals surface area contributed by atoms with Gasteiger partial charge in [-0.25, -0.2) is 8.42 Å². The molecule has 0 spiro atoms. The molecule has 0 atom stereocenters. The molecule has 122 valence electrons. The van der Waals surface area contributed by atoms with Crippen LogP contribution in [-0.4, -0.2) is 56.8 Å². The smallest absolute Gasteiger partial charge is 0.246 e. The van der Waals surface area contributed by atoms with Crippen molar-refractivity contribution >= 4 is 10.0 Å². The third-order valence-electron chi connectivity index (χ3n) is 3.02. The molecule has 1 heterocycles. The van der Waals surface area contributed by atoms with Gasteiger partial charge in [0.05, 0.1) is 18.0 Å². The Bertz CT molecular complexity index is 540. The summed E-state index contributed by atoms with van der Waals surface area (Å²) in [6.45, 7) is 7.26. The van der Waals surface area contributed by atoms with Crippen LogP contribution in [0.1, 0.15) is 25.2 Å². The highest BCUT2D eigenvalue weighted by molar-refractivity contribution is 7.89. The Kier molecular flexibility index (Phi) is 6.79. The monoisotopic (exact) mass is 318 g/mol. The van der Waals surface area contributed by atoms with Gasteiger partial charge in [-0.1, -0.05) is 13.8 Å². The van der Waals surface area contributed by atoms with Gasteiger partial charge >= 0.3 is 0 Å². The lowest BCUT2D eigenvalue weighted by atomic mass is 10.2. The topological polar surface area (TPSA) is 87.3 Å². The number of hydrogen-bond donors (Lipinski definition) is 2. The van der Waals surface area contributed by atoms with E-state index in [1.165, 1.54) is 4.31 Å². The van der Waals surface area contributed by atoms with Crippen LogP contribution in [0.25, 0.3) is 0 Å². The zero-order valence-electron chi connectivity index (χ0n) is 13.4. The predicted molar refractivity (Wildman–Crippen MR) is 81.6 cm³/mol. The molecule has 0 amide bonds. The molecule has 8 heteroatoms. The molecule has 1 aromatic heterocycles. The minimum atomic E-state index is -3.59. The summed E-state index contributed by atoms with van der Waals surface area (Å²) >= 11 is 0. The number of aryl methyl sites for hydroxylation is 1. The van der Waals surface area contributed by atoms with E-state index in [1.807, 2.05) is 13.8 Å². The number of ether oxygens (including phenoxy) is 1. The fourth-order valence-corrected chi connectivity index (χ4v) is 4.05. The summed E-state index contributed by atoms with van der Waals surface area (Å²) in [6, 6.07) is 0. The summed E-state index contributed by atoms with van der Waals surface area (Å²) in [7, 11) is -0.263. The van der Waals surface area contributed by atoms with E-state index in [0.29, 0.717) is 37.6 Å². The van der Waals surface area contributed by atoms with Gasteiger partial charge in [0.15, 0.2) is 0 Å². The Labute approximate surface area is 127 Å². The first kappa shape index (κ1) is 18.1. The van der Waals surface area contributed by atoms with Crippen LogP contribution in [0.4, 0.5) is 0 Å². The first-order chi connectivity index (χ1) is 9.84. The van der Waals surface area contributed by atoms with E-state index in [1.54, 1.807) is 21.1 Å². The van der Waals surface area contributed by atoms with Crippen LogP contribution >= 0.6 is 0 Å². The van der Waals surface area contributed by atoms with Crippen LogP contribution in [0.15, 0.2) is 4.90 Å². The average molecular weight is 318 g/mol. The summed E-state index contributed by atoms with van der Waals surface area (Å²) in [4.78, 5) is 0.272. The second kappa shape index (κ2) is 7.88. The number of H-pyrrole nitrogens is 1. The highest BCUT2D eigenvalue weighted by atomic mass is 32.2. The second-order valence-corrected chi connectivity index (χ2v) is 7.28. The number of methoxy groups -OCH3 is 1. The molecule has 2 N–H and O–H groups in total. The Balaban J connectivity index is 3.18. The highest BCUT2D eigenvalue weighted by Crippen LogP contribution is 2.23. The van der Waals surface area contributed by atoms with Gasteiger partial charge in [-0.2, -0.15) is 9.40 Å². The quantitative estimate of drug-likeness (QED) is 0.701. The molecule has 0 aliphatic carbocycles. The van der Waals surface area contributed by atoms with Crippen LogP contribution < -0.4 is 5.32 Å². The van der Waals surface area contributed by atoms with Crippen LogP contribution in [0, 0.1) is 12.8 Å². The lowest BCUT2D eigenvalue weighted by molar-refractivity contribution is 0.175. The van der Waals surface area contributed by atoms with Crippen molar-refractivity contribution in [3.05, 3.63) is 11.4 Å². The molecule has 0 unspecified atom stereocenters. The van der Waals surface area contributed by atoms with Gasteiger partial charge in [0.2, 0.25) is 10.0 Å². The number of aromatic amines is 1. The van der Waals surface area contributed by atoms with Crippen molar-refractivity contribution in [1.82, 2.24) is 19.8 Å². The van der Waals surface area contributed by atoms with Crippen molar-refractivity contribution in [3.63, 3.8) is 0 Å². The Morgan fingerprint density at radius 3 is 2.62 bits per heavy atom. The average Bonchev–Trinajstić information content (AvgIpc) is 2.76. The summed E-state index contributed by atoms with van der Waals surface area (Å²) in [5.74, 6) is 0.233. The van der Waals surface area contributed by atoms with E-state index in [9.17, 15) is 8.42 Å². The SMILES string of the molecule is CNCc1n[nH]c(C)c1S(=O)(=O)N(CCOC)CC(C)C. The molecule has 1 rings (SSSR count). The maximum absolute atomic E-state index is 12.9. The van der Waals surface area contributed by atoms with Gasteiger partial charge in [-0.15, -0.1) is 0 Å². The molecule has 0 saturated heterocycles. The molecule has 0 aliphatic rings. The first-order valence-corrected chi connectivity index (χ1v) is 8.46. The van der Waals surface area contributed by atoms with Gasteiger partial charge < -0.3 is 10.1 Å². The van der Waals surface area contributed by atoms with Gasteiger partial charge in [-0.3, -0.25) is 5.10 Å². The van der Waals surface area contributed by atoms with Crippen LogP contribution in [0.5, 0.6) is 0 Å². The third-order valence-corrected chi connectivity index (χ3v) is 5.09. The Morgan fingerprint density at radius 1 is 1.43 bits per heavy atom. The first-order valence-electron chi connectivity index (χ1n) is 7.02. The Morgan fingerprint density at radius 2 is 2.10 bits per heavy atom. The van der Waals surface area contributed by atoms with Crippen LogP contribution in [-0.2, 0) is 21.3 Å². The van der Waals surface area contributed by atoms with Crippen LogP contribution in [0.3, 0.4) is 0 Å². The largest absolute Gasteiger partial charge is 0.383 e. The fourth-order valence-electron chi connectivity index (χ4n) is 2.14. The van der Waals surface area contributed by atoms with Crippen molar-refractivity contribution in [3.8, 4) is 0 Å². The molecular formula is C13H26N4O3S. The molecule has 0 saturated carbocycles. The summed E-state index contributed by atoms with van der Waals surface area (Å²) in [5, 5.41) is 9.80. The standard InChI is InChI=1S/C13H26N4O3S/c1-10(2)9-17(6-7-20-5)21(18,19)13-11(3)15-16-12(13)8-14-4/h10,14H,6-9H2,1-5H3,(H,15,16). The van der Waals surface area contributed by atoms with Crippen molar-refractivity contribution in [2.45, 2.75) is 32.2 Å².